The van der Waals surface area contributed by atoms with Gasteiger partial charge in [-0.2, -0.15) is 0 Å². The van der Waals surface area contributed by atoms with Crippen LogP contribution in [0.2, 0.25) is 0 Å². The lowest BCUT2D eigenvalue weighted by molar-refractivity contribution is -0.138. The summed E-state index contributed by atoms with van der Waals surface area (Å²) in [6.45, 7) is 17.9. The number of hydrogen-bond acceptors (Lipinski definition) is 6. The van der Waals surface area contributed by atoms with Crippen LogP contribution < -0.4 is 9.47 Å². The van der Waals surface area contributed by atoms with Gasteiger partial charge < -0.3 is 19.1 Å². The van der Waals surface area contributed by atoms with Crippen LogP contribution in [0.4, 0.5) is 0 Å². The number of piperidine rings is 1. The quantitative estimate of drug-likeness (QED) is 0.0685. The fourth-order valence-electron chi connectivity index (χ4n) is 9.05. The molecule has 1 aromatic rings. The standard InChI is InChI=1S/C44H72N2O4/c1-6-9-12-15-23-44(24-16-13-10-7-2)42-40(37-21-26-46(42)27-22-37)41-38(49-43(47)35(5)20-25-45-28-30-48-31-29-45)32-36(33-39(41)50-44)19-18-34(4)17-14-11-8-3/h32-35,37H,6-31H2,1-5H3. The Bertz CT molecular complexity index is 1220. The first-order valence-corrected chi connectivity index (χ1v) is 21.3. The van der Waals surface area contributed by atoms with Gasteiger partial charge in [0, 0.05) is 26.2 Å². The summed E-state index contributed by atoms with van der Waals surface area (Å²) in [6, 6.07) is 4.59. The second kappa shape index (κ2) is 19.7. The first-order chi connectivity index (χ1) is 24.4. The highest BCUT2D eigenvalue weighted by Gasteiger charge is 2.51. The maximum atomic E-state index is 13.9. The topological polar surface area (TPSA) is 51.2 Å². The van der Waals surface area contributed by atoms with E-state index in [1.165, 1.54) is 107 Å². The second-order valence-electron chi connectivity index (χ2n) is 16.4. The van der Waals surface area contributed by atoms with Crippen molar-refractivity contribution in [1.82, 2.24) is 9.80 Å². The zero-order valence-corrected chi connectivity index (χ0v) is 32.8. The van der Waals surface area contributed by atoms with Gasteiger partial charge in [0.2, 0.25) is 0 Å². The van der Waals surface area contributed by atoms with Gasteiger partial charge in [0.1, 0.15) is 17.1 Å². The van der Waals surface area contributed by atoms with Crippen LogP contribution in [-0.4, -0.2) is 67.3 Å². The molecule has 6 heteroatoms. The van der Waals surface area contributed by atoms with E-state index in [9.17, 15) is 4.79 Å². The normalized spacial score (nSPS) is 20.0. The Morgan fingerprint density at radius 2 is 1.50 bits per heavy atom. The van der Waals surface area contributed by atoms with Gasteiger partial charge in [-0.25, -0.2) is 0 Å². The third-order valence-corrected chi connectivity index (χ3v) is 12.3. The van der Waals surface area contributed by atoms with Crippen molar-refractivity contribution in [1.29, 1.82) is 0 Å². The first-order valence-electron chi connectivity index (χ1n) is 21.3. The summed E-state index contributed by atoms with van der Waals surface area (Å²) in [7, 11) is 0. The number of esters is 1. The molecule has 5 aliphatic rings. The summed E-state index contributed by atoms with van der Waals surface area (Å²) in [4.78, 5) is 19.0. The number of morpholine rings is 1. The lowest BCUT2D eigenvalue weighted by Crippen LogP contribution is -2.54. The Morgan fingerprint density at radius 3 is 2.16 bits per heavy atom. The van der Waals surface area contributed by atoms with Crippen LogP contribution >= 0.6 is 0 Å². The summed E-state index contributed by atoms with van der Waals surface area (Å²) < 4.78 is 19.7. The van der Waals surface area contributed by atoms with Crippen LogP contribution in [0.15, 0.2) is 17.8 Å². The molecule has 282 valence electrons. The predicted molar refractivity (Wildman–Crippen MR) is 207 cm³/mol. The Hall–Kier alpha value is -2.05. The summed E-state index contributed by atoms with van der Waals surface area (Å²) >= 11 is 0. The largest absolute Gasteiger partial charge is 0.480 e. The third kappa shape index (κ3) is 10.1. The van der Waals surface area contributed by atoms with Gasteiger partial charge in [-0.15, -0.1) is 0 Å². The van der Waals surface area contributed by atoms with Crippen molar-refractivity contribution in [3.63, 3.8) is 0 Å². The van der Waals surface area contributed by atoms with E-state index >= 15 is 0 Å². The summed E-state index contributed by atoms with van der Waals surface area (Å²) in [6.07, 6.45) is 22.6. The van der Waals surface area contributed by atoms with Crippen molar-refractivity contribution >= 4 is 11.5 Å². The van der Waals surface area contributed by atoms with Crippen LogP contribution in [-0.2, 0) is 16.0 Å². The molecular formula is C44H72N2O4. The molecule has 2 saturated heterocycles. The third-order valence-electron chi connectivity index (χ3n) is 12.3. The molecule has 2 atom stereocenters. The van der Waals surface area contributed by atoms with Crippen molar-refractivity contribution in [3.8, 4) is 11.5 Å². The molecule has 0 radical (unpaired) electrons. The number of nitrogens with zero attached hydrogens (tertiary/aromatic N) is 2. The summed E-state index contributed by atoms with van der Waals surface area (Å²) in [5.41, 5.74) is 4.97. The minimum absolute atomic E-state index is 0.107. The second-order valence-corrected chi connectivity index (χ2v) is 16.4. The molecule has 0 spiro atoms. The number of rotatable bonds is 22. The van der Waals surface area contributed by atoms with Gasteiger partial charge >= 0.3 is 5.97 Å². The monoisotopic (exact) mass is 693 g/mol. The van der Waals surface area contributed by atoms with Gasteiger partial charge in [-0.05, 0) is 99.4 Å². The Morgan fingerprint density at radius 1 is 0.840 bits per heavy atom. The smallest absolute Gasteiger partial charge is 0.314 e. The van der Waals surface area contributed by atoms with Crippen molar-refractivity contribution in [2.24, 2.45) is 17.8 Å². The van der Waals surface area contributed by atoms with Gasteiger partial charge in [-0.3, -0.25) is 9.69 Å². The molecular weight excluding hydrogens is 620 g/mol. The van der Waals surface area contributed by atoms with Crippen LogP contribution in [0.1, 0.15) is 161 Å². The number of carbonyl (C=O) groups excluding carboxylic acids is 1. The van der Waals surface area contributed by atoms with Crippen molar-refractivity contribution in [3.05, 3.63) is 29.0 Å². The van der Waals surface area contributed by atoms with Gasteiger partial charge in [0.25, 0.3) is 0 Å². The molecule has 6 nitrogen and oxygen atoms in total. The zero-order valence-electron chi connectivity index (χ0n) is 32.8. The summed E-state index contributed by atoms with van der Waals surface area (Å²) in [5, 5.41) is 0. The number of benzene rings is 1. The van der Waals surface area contributed by atoms with E-state index in [2.05, 4.69) is 49.6 Å². The minimum Gasteiger partial charge on any atom is -0.480 e. The average Bonchev–Trinajstić information content (AvgIpc) is 3.14. The van der Waals surface area contributed by atoms with E-state index in [1.54, 1.807) is 0 Å². The molecule has 50 heavy (non-hydrogen) atoms. The van der Waals surface area contributed by atoms with E-state index in [1.807, 2.05) is 6.92 Å². The minimum atomic E-state index is -0.290. The van der Waals surface area contributed by atoms with Gasteiger partial charge in [0.15, 0.2) is 0 Å². The van der Waals surface area contributed by atoms with Crippen LogP contribution in [0.5, 0.6) is 11.5 Å². The van der Waals surface area contributed by atoms with Crippen LogP contribution in [0.25, 0.3) is 5.57 Å². The zero-order chi connectivity index (χ0) is 35.3. The van der Waals surface area contributed by atoms with E-state index in [-0.39, 0.29) is 17.5 Å². The molecule has 5 aliphatic heterocycles. The van der Waals surface area contributed by atoms with Crippen molar-refractivity contribution in [2.75, 3.05) is 45.9 Å². The Labute approximate surface area is 306 Å². The highest BCUT2D eigenvalue weighted by Crippen LogP contribution is 2.57. The number of fused-ring (bicyclic) bond motifs is 3. The molecule has 0 aliphatic carbocycles. The number of allylic oxidation sites excluding steroid dienone is 1. The molecule has 0 saturated carbocycles. The maximum Gasteiger partial charge on any atom is 0.314 e. The highest BCUT2D eigenvalue weighted by molar-refractivity contribution is 5.85. The number of unbranched alkanes of at least 4 members (excludes halogenated alkanes) is 8. The maximum absolute atomic E-state index is 13.9. The first kappa shape index (κ1) is 39.2. The number of carbonyl (C=O) groups is 1. The Balaban J connectivity index is 1.49. The molecule has 5 heterocycles. The predicted octanol–water partition coefficient (Wildman–Crippen LogP) is 10.6. The number of aryl methyl sites for hydroxylation is 1. The van der Waals surface area contributed by atoms with Crippen molar-refractivity contribution in [2.45, 2.75) is 162 Å². The molecule has 2 bridgehead atoms. The Kier molecular flexibility index (Phi) is 15.4. The SMILES string of the molecule is CCCCCCC1(CCCCCC)Oc2cc(CCC(C)CCCCC)cc(OC(=O)C(C)CCN3CCOCC3)c2C2=C1N1CCC2CC1. The lowest BCUT2D eigenvalue weighted by atomic mass is 9.70. The lowest BCUT2D eigenvalue weighted by Gasteiger charge is -2.54. The van der Waals surface area contributed by atoms with E-state index in [0.717, 1.165) is 95.1 Å². The fraction of sp³-hybridized carbons (Fsp3) is 0.795. The molecule has 2 fully saturated rings. The van der Waals surface area contributed by atoms with Gasteiger partial charge in [-0.1, -0.05) is 98.8 Å². The van der Waals surface area contributed by atoms with E-state index in [0.29, 0.717) is 11.8 Å². The number of ether oxygens (including phenoxy) is 3. The van der Waals surface area contributed by atoms with Gasteiger partial charge in [0.05, 0.1) is 30.4 Å². The van der Waals surface area contributed by atoms with Crippen LogP contribution in [0, 0.1) is 17.8 Å². The molecule has 0 aromatic heterocycles. The summed E-state index contributed by atoms with van der Waals surface area (Å²) in [5.74, 6) is 2.65. The highest BCUT2D eigenvalue weighted by atomic mass is 16.5. The fourth-order valence-corrected chi connectivity index (χ4v) is 9.05. The molecule has 1 aromatic carbocycles. The average molecular weight is 693 g/mol. The molecule has 2 unspecified atom stereocenters. The van der Waals surface area contributed by atoms with Crippen LogP contribution in [0.3, 0.4) is 0 Å². The van der Waals surface area contributed by atoms with Crippen molar-refractivity contribution < 1.29 is 19.0 Å². The number of hydrogen-bond donors (Lipinski definition) is 0. The van der Waals surface area contributed by atoms with E-state index < -0.39 is 0 Å². The van der Waals surface area contributed by atoms with E-state index in [4.69, 9.17) is 14.2 Å². The molecule has 0 amide bonds. The molecule has 6 rings (SSSR count). The molecule has 0 N–H and O–H groups in total.